The molecule has 0 aliphatic rings. The Hall–Kier alpha value is -1.32. The van der Waals surface area contributed by atoms with Gasteiger partial charge in [0, 0.05) is 18.7 Å². The average Bonchev–Trinajstić information content (AvgIpc) is 2.29. The van der Waals surface area contributed by atoms with Crippen LogP contribution >= 0.6 is 0 Å². The van der Waals surface area contributed by atoms with Crippen molar-refractivity contribution < 1.29 is 0 Å². The molecule has 0 aliphatic carbocycles. The fraction of sp³-hybridized carbons (Fsp3) is 0.692. The lowest BCUT2D eigenvalue weighted by Crippen LogP contribution is -2.11. The Bertz CT molecular complexity index is 336. The maximum absolute atomic E-state index is 4.35. The fourth-order valence-electron chi connectivity index (χ4n) is 1.78. The van der Waals surface area contributed by atoms with Gasteiger partial charge in [-0.1, -0.05) is 27.2 Å². The standard InChI is InChI=1S/C13H24N4/c1-5-7-8-15-13-11(10(3)4)12(14-6-2)16-9-17-13/h9-10H,5-8H2,1-4H3,(H2,14,15,16,17). The molecular weight excluding hydrogens is 212 g/mol. The van der Waals surface area contributed by atoms with Gasteiger partial charge in [-0.25, -0.2) is 9.97 Å². The van der Waals surface area contributed by atoms with Crippen LogP contribution in [0.5, 0.6) is 0 Å². The predicted molar refractivity (Wildman–Crippen MR) is 73.7 cm³/mol. The van der Waals surface area contributed by atoms with Gasteiger partial charge in [0.05, 0.1) is 0 Å². The lowest BCUT2D eigenvalue weighted by Gasteiger charge is -2.17. The molecule has 2 N–H and O–H groups in total. The molecule has 96 valence electrons. The number of rotatable bonds is 7. The van der Waals surface area contributed by atoms with Gasteiger partial charge in [0.15, 0.2) is 0 Å². The third kappa shape index (κ3) is 3.88. The van der Waals surface area contributed by atoms with Crippen molar-refractivity contribution in [3.05, 3.63) is 11.9 Å². The number of nitrogens with zero attached hydrogens (tertiary/aromatic N) is 2. The maximum atomic E-state index is 4.35. The number of unbranched alkanes of at least 4 members (excludes halogenated alkanes) is 1. The van der Waals surface area contributed by atoms with E-state index in [2.05, 4.69) is 48.3 Å². The Morgan fingerprint density at radius 1 is 1.12 bits per heavy atom. The van der Waals surface area contributed by atoms with Gasteiger partial charge in [0.2, 0.25) is 0 Å². The summed E-state index contributed by atoms with van der Waals surface area (Å²) in [5, 5.41) is 6.70. The first kappa shape index (κ1) is 13.7. The van der Waals surface area contributed by atoms with Crippen LogP contribution in [0.1, 0.15) is 52.0 Å². The summed E-state index contributed by atoms with van der Waals surface area (Å²) in [5.41, 5.74) is 1.19. The molecule has 0 saturated heterocycles. The molecule has 17 heavy (non-hydrogen) atoms. The molecule has 0 fully saturated rings. The van der Waals surface area contributed by atoms with Gasteiger partial charge in [-0.05, 0) is 19.3 Å². The van der Waals surface area contributed by atoms with Crippen LogP contribution in [0.25, 0.3) is 0 Å². The molecular formula is C13H24N4. The van der Waals surface area contributed by atoms with E-state index in [1.807, 2.05) is 0 Å². The van der Waals surface area contributed by atoms with Gasteiger partial charge >= 0.3 is 0 Å². The highest BCUT2D eigenvalue weighted by Crippen LogP contribution is 2.28. The number of aromatic nitrogens is 2. The zero-order valence-corrected chi connectivity index (χ0v) is 11.4. The van der Waals surface area contributed by atoms with E-state index in [4.69, 9.17) is 0 Å². The average molecular weight is 236 g/mol. The third-order valence-corrected chi connectivity index (χ3v) is 2.63. The van der Waals surface area contributed by atoms with E-state index in [-0.39, 0.29) is 0 Å². The molecule has 0 saturated carbocycles. The highest BCUT2D eigenvalue weighted by Gasteiger charge is 2.13. The molecule has 0 radical (unpaired) electrons. The van der Waals surface area contributed by atoms with Crippen molar-refractivity contribution >= 4 is 11.6 Å². The van der Waals surface area contributed by atoms with Crippen LogP contribution in [0.4, 0.5) is 11.6 Å². The van der Waals surface area contributed by atoms with E-state index in [0.29, 0.717) is 5.92 Å². The summed E-state index contributed by atoms with van der Waals surface area (Å²) >= 11 is 0. The number of hydrogen-bond donors (Lipinski definition) is 2. The molecule has 0 spiro atoms. The molecule has 1 aromatic rings. The molecule has 1 rings (SSSR count). The fourth-order valence-corrected chi connectivity index (χ4v) is 1.78. The minimum absolute atomic E-state index is 0.411. The quantitative estimate of drug-likeness (QED) is 0.714. The van der Waals surface area contributed by atoms with E-state index < -0.39 is 0 Å². The van der Waals surface area contributed by atoms with Gasteiger partial charge < -0.3 is 10.6 Å². The van der Waals surface area contributed by atoms with Crippen LogP contribution in [-0.4, -0.2) is 23.1 Å². The summed E-state index contributed by atoms with van der Waals surface area (Å²) in [6, 6.07) is 0. The second-order valence-corrected chi connectivity index (χ2v) is 4.45. The zero-order valence-electron chi connectivity index (χ0n) is 11.4. The van der Waals surface area contributed by atoms with Crippen molar-refractivity contribution in [1.82, 2.24) is 9.97 Å². The number of hydrogen-bond acceptors (Lipinski definition) is 4. The Balaban J connectivity index is 2.90. The molecule has 4 heteroatoms. The SMILES string of the molecule is CCCCNc1ncnc(NCC)c1C(C)C. The first-order valence-electron chi connectivity index (χ1n) is 6.53. The maximum Gasteiger partial charge on any atom is 0.134 e. The Labute approximate surface area is 104 Å². The molecule has 1 aromatic heterocycles. The summed E-state index contributed by atoms with van der Waals surface area (Å²) in [7, 11) is 0. The van der Waals surface area contributed by atoms with E-state index in [9.17, 15) is 0 Å². The van der Waals surface area contributed by atoms with Crippen molar-refractivity contribution in [2.75, 3.05) is 23.7 Å². The smallest absolute Gasteiger partial charge is 0.134 e. The van der Waals surface area contributed by atoms with Crippen molar-refractivity contribution in [2.45, 2.75) is 46.5 Å². The topological polar surface area (TPSA) is 49.8 Å². The minimum Gasteiger partial charge on any atom is -0.370 e. The molecule has 0 unspecified atom stereocenters. The van der Waals surface area contributed by atoms with Crippen molar-refractivity contribution in [3.63, 3.8) is 0 Å². The second-order valence-electron chi connectivity index (χ2n) is 4.45. The molecule has 4 nitrogen and oxygen atoms in total. The minimum atomic E-state index is 0.411. The monoisotopic (exact) mass is 236 g/mol. The normalized spacial score (nSPS) is 10.6. The van der Waals surface area contributed by atoms with Gasteiger partial charge in [-0.3, -0.25) is 0 Å². The highest BCUT2D eigenvalue weighted by molar-refractivity contribution is 5.58. The van der Waals surface area contributed by atoms with E-state index in [1.165, 1.54) is 12.0 Å². The van der Waals surface area contributed by atoms with Crippen LogP contribution in [0.2, 0.25) is 0 Å². The summed E-state index contributed by atoms with van der Waals surface area (Å²) in [6.07, 6.45) is 3.98. The summed E-state index contributed by atoms with van der Waals surface area (Å²) in [5.74, 6) is 2.34. The van der Waals surface area contributed by atoms with E-state index >= 15 is 0 Å². The lowest BCUT2D eigenvalue weighted by atomic mass is 10.0. The third-order valence-electron chi connectivity index (χ3n) is 2.63. The Morgan fingerprint density at radius 2 is 1.76 bits per heavy atom. The van der Waals surface area contributed by atoms with Crippen molar-refractivity contribution in [3.8, 4) is 0 Å². The summed E-state index contributed by atoms with van der Waals surface area (Å²) in [4.78, 5) is 8.67. The largest absolute Gasteiger partial charge is 0.370 e. The van der Waals surface area contributed by atoms with Crippen LogP contribution in [0.15, 0.2) is 6.33 Å². The Morgan fingerprint density at radius 3 is 2.29 bits per heavy atom. The first-order valence-corrected chi connectivity index (χ1v) is 6.53. The van der Waals surface area contributed by atoms with Crippen molar-refractivity contribution in [2.24, 2.45) is 0 Å². The molecule has 0 bridgehead atoms. The van der Waals surface area contributed by atoms with E-state index in [1.54, 1.807) is 6.33 Å². The molecule has 0 atom stereocenters. The van der Waals surface area contributed by atoms with Crippen molar-refractivity contribution in [1.29, 1.82) is 0 Å². The molecule has 1 heterocycles. The highest BCUT2D eigenvalue weighted by atomic mass is 15.1. The first-order chi connectivity index (χ1) is 8.20. The van der Waals surface area contributed by atoms with Gasteiger partial charge in [-0.2, -0.15) is 0 Å². The van der Waals surface area contributed by atoms with Crippen LogP contribution in [0, 0.1) is 0 Å². The predicted octanol–water partition coefficient (Wildman–Crippen LogP) is 3.24. The second kappa shape index (κ2) is 7.09. The van der Waals surface area contributed by atoms with Gasteiger partial charge in [0.1, 0.15) is 18.0 Å². The van der Waals surface area contributed by atoms with Gasteiger partial charge in [-0.15, -0.1) is 0 Å². The van der Waals surface area contributed by atoms with Crippen LogP contribution in [0.3, 0.4) is 0 Å². The molecule has 0 aliphatic heterocycles. The number of nitrogens with one attached hydrogen (secondary N) is 2. The van der Waals surface area contributed by atoms with Crippen LogP contribution in [-0.2, 0) is 0 Å². The van der Waals surface area contributed by atoms with E-state index in [0.717, 1.165) is 31.1 Å². The molecule has 0 amide bonds. The lowest BCUT2D eigenvalue weighted by molar-refractivity contribution is 0.812. The number of anilines is 2. The van der Waals surface area contributed by atoms with Gasteiger partial charge in [0.25, 0.3) is 0 Å². The van der Waals surface area contributed by atoms with Crippen LogP contribution < -0.4 is 10.6 Å². The summed E-state index contributed by atoms with van der Waals surface area (Å²) in [6.45, 7) is 10.5. The summed E-state index contributed by atoms with van der Waals surface area (Å²) < 4.78 is 0. The Kier molecular flexibility index (Phi) is 5.73. The molecule has 0 aromatic carbocycles. The zero-order chi connectivity index (χ0) is 12.7.